The van der Waals surface area contributed by atoms with Crippen molar-refractivity contribution in [2.75, 3.05) is 30.4 Å². The molecule has 2 fully saturated rings. The number of rotatable bonds is 3. The Balaban J connectivity index is 1.81. The Hall–Kier alpha value is -2.26. The highest BCUT2D eigenvalue weighted by Gasteiger charge is 2.33. The van der Waals surface area contributed by atoms with E-state index in [-0.39, 0.29) is 11.9 Å². The van der Waals surface area contributed by atoms with Gasteiger partial charge in [-0.05, 0) is 31.0 Å². The summed E-state index contributed by atoms with van der Waals surface area (Å²) < 4.78 is 5.45. The highest BCUT2D eigenvalue weighted by atomic mass is 16.5. The van der Waals surface area contributed by atoms with Gasteiger partial charge in [0.05, 0.1) is 24.5 Å². The van der Waals surface area contributed by atoms with Crippen molar-refractivity contribution in [1.29, 1.82) is 5.26 Å². The van der Waals surface area contributed by atoms with E-state index in [2.05, 4.69) is 5.32 Å². The third-order valence-corrected chi connectivity index (χ3v) is 3.84. The molecule has 3 N–H and O–H groups in total. The van der Waals surface area contributed by atoms with Crippen LogP contribution in [0.15, 0.2) is 18.2 Å². The molecule has 1 atom stereocenters. The topological polar surface area (TPSA) is 91.4 Å². The summed E-state index contributed by atoms with van der Waals surface area (Å²) in [6, 6.07) is 7.30. The summed E-state index contributed by atoms with van der Waals surface area (Å²) >= 11 is 0. The van der Waals surface area contributed by atoms with Crippen LogP contribution in [0.5, 0.6) is 0 Å². The minimum Gasteiger partial charge on any atom is -0.398 e. The van der Waals surface area contributed by atoms with Gasteiger partial charge in [-0.3, -0.25) is 4.79 Å². The van der Waals surface area contributed by atoms with Gasteiger partial charge < -0.3 is 20.7 Å². The molecule has 1 heterocycles. The molecule has 3 rings (SSSR count). The molecule has 1 saturated carbocycles. The largest absolute Gasteiger partial charge is 0.398 e. The molecule has 2 aliphatic rings. The van der Waals surface area contributed by atoms with Crippen molar-refractivity contribution in [1.82, 2.24) is 5.32 Å². The first-order valence-corrected chi connectivity index (χ1v) is 7.13. The van der Waals surface area contributed by atoms with Crippen molar-refractivity contribution in [3.8, 4) is 6.07 Å². The number of hydrogen-bond acceptors (Lipinski definition) is 5. The molecular formula is C15H18N4O2. The van der Waals surface area contributed by atoms with Gasteiger partial charge in [-0.15, -0.1) is 0 Å². The maximum atomic E-state index is 12.3. The molecule has 6 heteroatoms. The van der Waals surface area contributed by atoms with E-state index in [4.69, 9.17) is 15.7 Å². The first-order valence-electron chi connectivity index (χ1n) is 7.13. The molecule has 1 aromatic rings. The number of carbonyl (C=O) groups is 1. The summed E-state index contributed by atoms with van der Waals surface area (Å²) in [5.41, 5.74) is 7.61. The van der Waals surface area contributed by atoms with E-state index in [0.29, 0.717) is 37.1 Å². The van der Waals surface area contributed by atoms with Gasteiger partial charge in [0, 0.05) is 18.3 Å². The third kappa shape index (κ3) is 2.93. The molecule has 1 aliphatic carbocycles. The van der Waals surface area contributed by atoms with Gasteiger partial charge in [0.2, 0.25) is 5.91 Å². The first kappa shape index (κ1) is 13.7. The summed E-state index contributed by atoms with van der Waals surface area (Å²) in [7, 11) is 0. The van der Waals surface area contributed by atoms with Gasteiger partial charge in [-0.2, -0.15) is 5.26 Å². The first-order chi connectivity index (χ1) is 10.2. The zero-order valence-electron chi connectivity index (χ0n) is 11.7. The number of carbonyl (C=O) groups excluding carboxylic acids is 1. The molecule has 0 aromatic heterocycles. The number of nitrogen functional groups attached to an aromatic ring is 1. The lowest BCUT2D eigenvalue weighted by Crippen LogP contribution is -2.54. The molecule has 0 radical (unpaired) electrons. The molecule has 1 saturated heterocycles. The maximum absolute atomic E-state index is 12.3. The van der Waals surface area contributed by atoms with Crippen LogP contribution in [-0.2, 0) is 9.53 Å². The molecule has 21 heavy (non-hydrogen) atoms. The Kier molecular flexibility index (Phi) is 3.67. The number of nitriles is 1. The predicted octanol–water partition coefficient (Wildman–Crippen LogP) is 0.624. The number of morpholine rings is 1. The fraction of sp³-hybridized carbons (Fsp3) is 0.467. The lowest BCUT2D eigenvalue weighted by atomic mass is 10.1. The van der Waals surface area contributed by atoms with Crippen molar-refractivity contribution in [2.45, 2.75) is 24.9 Å². The van der Waals surface area contributed by atoms with Gasteiger partial charge in [-0.25, -0.2) is 0 Å². The molecule has 0 bridgehead atoms. The van der Waals surface area contributed by atoms with Gasteiger partial charge in [0.1, 0.15) is 12.1 Å². The van der Waals surface area contributed by atoms with Crippen molar-refractivity contribution in [2.24, 2.45) is 0 Å². The number of amides is 1. The minimum atomic E-state index is -0.341. The second-order valence-electron chi connectivity index (χ2n) is 5.45. The number of ether oxygens (including phenoxy) is 1. The van der Waals surface area contributed by atoms with E-state index < -0.39 is 0 Å². The Bertz CT molecular complexity index is 592. The highest BCUT2D eigenvalue weighted by Crippen LogP contribution is 2.25. The third-order valence-electron chi connectivity index (χ3n) is 3.84. The highest BCUT2D eigenvalue weighted by molar-refractivity contribution is 5.86. The molecule has 110 valence electrons. The van der Waals surface area contributed by atoms with Crippen LogP contribution >= 0.6 is 0 Å². The Labute approximate surface area is 123 Å². The van der Waals surface area contributed by atoms with Crippen molar-refractivity contribution in [3.05, 3.63) is 23.8 Å². The Morgan fingerprint density at radius 1 is 1.48 bits per heavy atom. The van der Waals surface area contributed by atoms with E-state index in [1.54, 1.807) is 12.1 Å². The summed E-state index contributed by atoms with van der Waals surface area (Å²) in [6.07, 6.45) is 2.12. The lowest BCUT2D eigenvalue weighted by molar-refractivity contribution is -0.124. The van der Waals surface area contributed by atoms with Crippen LogP contribution in [0.4, 0.5) is 11.4 Å². The summed E-state index contributed by atoms with van der Waals surface area (Å²) in [5, 5.41) is 12.0. The molecule has 1 aliphatic heterocycles. The van der Waals surface area contributed by atoms with Crippen LogP contribution < -0.4 is 16.0 Å². The predicted molar refractivity (Wildman–Crippen MR) is 78.7 cm³/mol. The monoisotopic (exact) mass is 286 g/mol. The van der Waals surface area contributed by atoms with Crippen molar-refractivity contribution < 1.29 is 9.53 Å². The molecule has 0 spiro atoms. The maximum Gasteiger partial charge on any atom is 0.245 e. The van der Waals surface area contributed by atoms with Gasteiger partial charge >= 0.3 is 0 Å². The number of anilines is 2. The Morgan fingerprint density at radius 2 is 2.29 bits per heavy atom. The van der Waals surface area contributed by atoms with E-state index >= 15 is 0 Å². The number of benzene rings is 1. The van der Waals surface area contributed by atoms with Crippen LogP contribution in [0.25, 0.3) is 0 Å². The number of hydrogen-bond donors (Lipinski definition) is 2. The average Bonchev–Trinajstić information content (AvgIpc) is 3.31. The molecule has 1 unspecified atom stereocenters. The quantitative estimate of drug-likeness (QED) is 0.795. The van der Waals surface area contributed by atoms with E-state index in [1.165, 1.54) is 0 Å². The van der Waals surface area contributed by atoms with E-state index in [9.17, 15) is 4.79 Å². The van der Waals surface area contributed by atoms with E-state index in [1.807, 2.05) is 17.0 Å². The fourth-order valence-electron chi connectivity index (χ4n) is 2.49. The van der Waals surface area contributed by atoms with Gasteiger partial charge in [0.25, 0.3) is 0 Å². The zero-order chi connectivity index (χ0) is 14.8. The van der Waals surface area contributed by atoms with E-state index in [0.717, 1.165) is 18.5 Å². The lowest BCUT2D eigenvalue weighted by Gasteiger charge is -2.36. The number of nitrogens with one attached hydrogen (secondary N) is 1. The molecular weight excluding hydrogens is 268 g/mol. The summed E-state index contributed by atoms with van der Waals surface area (Å²) in [5.74, 6) is 0.000121. The van der Waals surface area contributed by atoms with Gasteiger partial charge in [-0.1, -0.05) is 0 Å². The van der Waals surface area contributed by atoms with Crippen LogP contribution in [0.2, 0.25) is 0 Å². The summed E-state index contributed by atoms with van der Waals surface area (Å²) in [4.78, 5) is 14.3. The second kappa shape index (κ2) is 5.62. The molecule has 1 amide bonds. The van der Waals surface area contributed by atoms with Crippen molar-refractivity contribution in [3.63, 3.8) is 0 Å². The zero-order valence-corrected chi connectivity index (χ0v) is 11.7. The SMILES string of the molecule is N#Cc1ccc(N2CCOCC2C(=O)NC2CC2)cc1N. The summed E-state index contributed by atoms with van der Waals surface area (Å²) in [6.45, 7) is 1.58. The second-order valence-corrected chi connectivity index (χ2v) is 5.45. The van der Waals surface area contributed by atoms with Crippen LogP contribution in [0.1, 0.15) is 18.4 Å². The van der Waals surface area contributed by atoms with Gasteiger partial charge in [0.15, 0.2) is 0 Å². The standard InChI is InChI=1S/C15H18N4O2/c16-8-10-1-4-12(7-13(10)17)19-5-6-21-9-14(19)15(20)18-11-2-3-11/h1,4,7,11,14H,2-3,5-6,9,17H2,(H,18,20). The number of nitrogens with zero attached hydrogens (tertiary/aromatic N) is 2. The number of nitrogens with two attached hydrogens (primary N) is 1. The fourth-order valence-corrected chi connectivity index (χ4v) is 2.49. The average molecular weight is 286 g/mol. The van der Waals surface area contributed by atoms with Crippen molar-refractivity contribution >= 4 is 17.3 Å². The Morgan fingerprint density at radius 3 is 2.95 bits per heavy atom. The van der Waals surface area contributed by atoms with Crippen LogP contribution in [-0.4, -0.2) is 37.7 Å². The molecule has 1 aromatic carbocycles. The smallest absolute Gasteiger partial charge is 0.245 e. The van der Waals surface area contributed by atoms with Crippen LogP contribution in [0, 0.1) is 11.3 Å². The van der Waals surface area contributed by atoms with Crippen LogP contribution in [0.3, 0.4) is 0 Å². The molecule has 6 nitrogen and oxygen atoms in total. The minimum absolute atomic E-state index is 0.000121. The normalized spacial score (nSPS) is 21.7.